The molecule has 0 spiro atoms. The van der Waals surface area contributed by atoms with Crippen LogP contribution >= 0.6 is 0 Å². The Labute approximate surface area is 109 Å². The topological polar surface area (TPSA) is 55.6 Å². The van der Waals surface area contributed by atoms with Crippen LogP contribution in [0.25, 0.3) is 0 Å². The molecule has 1 aromatic rings. The molecule has 0 aromatic heterocycles. The van der Waals surface area contributed by atoms with E-state index in [2.05, 4.69) is 0 Å². The number of nitrogens with two attached hydrogens (primary N) is 1. The first-order valence-electron chi connectivity index (χ1n) is 6.01. The first-order chi connectivity index (χ1) is 8.41. The van der Waals surface area contributed by atoms with Gasteiger partial charge in [-0.1, -0.05) is 18.2 Å². The smallest absolute Gasteiger partial charge is 0.229 e. The minimum Gasteiger partial charge on any atom is -0.378 e. The number of para-hydroxylation sites is 1. The zero-order chi connectivity index (χ0) is 13.8. The van der Waals surface area contributed by atoms with Gasteiger partial charge in [0.1, 0.15) is 0 Å². The monoisotopic (exact) mass is 250 g/mol. The van der Waals surface area contributed by atoms with E-state index in [0.29, 0.717) is 13.0 Å². The molecular formula is C14H22N2O2. The molecule has 2 N–H and O–H groups in total. The molecule has 0 heterocycles. The first kappa shape index (κ1) is 14.7. The summed E-state index contributed by atoms with van der Waals surface area (Å²) in [6.07, 6.45) is 0.332. The molecule has 0 aliphatic carbocycles. The number of amides is 1. The van der Waals surface area contributed by atoms with E-state index in [0.717, 1.165) is 11.3 Å². The van der Waals surface area contributed by atoms with Gasteiger partial charge in [-0.2, -0.15) is 0 Å². The van der Waals surface area contributed by atoms with Gasteiger partial charge in [-0.3, -0.25) is 4.79 Å². The van der Waals surface area contributed by atoms with Gasteiger partial charge >= 0.3 is 0 Å². The first-order valence-corrected chi connectivity index (χ1v) is 6.01. The molecule has 0 aliphatic heterocycles. The van der Waals surface area contributed by atoms with Crippen LogP contribution in [0.3, 0.4) is 0 Å². The Morgan fingerprint density at radius 2 is 2.00 bits per heavy atom. The minimum absolute atomic E-state index is 0.0164. The molecule has 1 amide bonds. The fourth-order valence-electron chi connectivity index (χ4n) is 1.70. The molecule has 0 atom stereocenters. The van der Waals surface area contributed by atoms with Crippen LogP contribution in [-0.2, 0) is 16.1 Å². The summed E-state index contributed by atoms with van der Waals surface area (Å²) >= 11 is 0. The second kappa shape index (κ2) is 5.98. The minimum atomic E-state index is -0.455. The Bertz CT molecular complexity index is 416. The number of anilines is 1. The standard InChI is InChI=1S/C14H22N2O2/c1-14(2,18-4)9-13(17)16(3)12-8-6-5-7-11(12)10-15/h5-8H,9-10,15H2,1-4H3. The highest BCUT2D eigenvalue weighted by molar-refractivity contribution is 5.94. The second-order valence-corrected chi connectivity index (χ2v) is 4.93. The third-order valence-electron chi connectivity index (χ3n) is 3.08. The molecule has 18 heavy (non-hydrogen) atoms. The summed E-state index contributed by atoms with van der Waals surface area (Å²) in [7, 11) is 3.38. The lowest BCUT2D eigenvalue weighted by Crippen LogP contribution is -2.35. The Hall–Kier alpha value is -1.39. The SMILES string of the molecule is COC(C)(C)CC(=O)N(C)c1ccccc1CN. The Morgan fingerprint density at radius 3 is 2.56 bits per heavy atom. The van der Waals surface area contributed by atoms with E-state index in [1.165, 1.54) is 0 Å². The van der Waals surface area contributed by atoms with E-state index in [4.69, 9.17) is 10.5 Å². The van der Waals surface area contributed by atoms with Gasteiger partial charge in [0.15, 0.2) is 0 Å². The summed E-state index contributed by atoms with van der Waals surface area (Å²) in [5.74, 6) is 0.0164. The van der Waals surface area contributed by atoms with E-state index in [-0.39, 0.29) is 5.91 Å². The zero-order valence-electron chi connectivity index (χ0n) is 11.6. The van der Waals surface area contributed by atoms with Crippen LogP contribution < -0.4 is 10.6 Å². The lowest BCUT2D eigenvalue weighted by Gasteiger charge is -2.26. The van der Waals surface area contributed by atoms with Gasteiger partial charge in [0, 0.05) is 26.4 Å². The summed E-state index contributed by atoms with van der Waals surface area (Å²) in [6, 6.07) is 7.66. The Balaban J connectivity index is 2.87. The highest BCUT2D eigenvalue weighted by Crippen LogP contribution is 2.22. The van der Waals surface area contributed by atoms with Crippen molar-refractivity contribution in [2.75, 3.05) is 19.1 Å². The van der Waals surface area contributed by atoms with E-state index in [1.54, 1.807) is 19.1 Å². The molecule has 1 aromatic carbocycles. The number of benzene rings is 1. The van der Waals surface area contributed by atoms with Crippen molar-refractivity contribution in [3.05, 3.63) is 29.8 Å². The molecule has 4 nitrogen and oxygen atoms in total. The maximum absolute atomic E-state index is 12.2. The van der Waals surface area contributed by atoms with E-state index in [9.17, 15) is 4.79 Å². The molecule has 1 rings (SSSR count). The number of ether oxygens (including phenoxy) is 1. The zero-order valence-corrected chi connectivity index (χ0v) is 11.6. The second-order valence-electron chi connectivity index (χ2n) is 4.93. The van der Waals surface area contributed by atoms with Gasteiger partial charge in [0.05, 0.1) is 12.0 Å². The molecule has 0 aliphatic rings. The lowest BCUT2D eigenvalue weighted by molar-refractivity contribution is -0.123. The number of hydrogen-bond acceptors (Lipinski definition) is 3. The number of carbonyl (C=O) groups is 1. The van der Waals surface area contributed by atoms with Gasteiger partial charge < -0.3 is 15.4 Å². The average Bonchev–Trinajstić information content (AvgIpc) is 2.37. The maximum atomic E-state index is 12.2. The van der Waals surface area contributed by atoms with E-state index < -0.39 is 5.60 Å². The lowest BCUT2D eigenvalue weighted by atomic mass is 10.0. The largest absolute Gasteiger partial charge is 0.378 e. The fourth-order valence-corrected chi connectivity index (χ4v) is 1.70. The molecular weight excluding hydrogens is 228 g/mol. The highest BCUT2D eigenvalue weighted by Gasteiger charge is 2.24. The van der Waals surface area contributed by atoms with Crippen molar-refractivity contribution in [2.24, 2.45) is 5.73 Å². The van der Waals surface area contributed by atoms with Crippen molar-refractivity contribution in [3.8, 4) is 0 Å². The molecule has 100 valence electrons. The molecule has 0 saturated carbocycles. The van der Waals surface area contributed by atoms with Crippen molar-refractivity contribution in [2.45, 2.75) is 32.4 Å². The third kappa shape index (κ3) is 3.55. The highest BCUT2D eigenvalue weighted by atomic mass is 16.5. The fraction of sp³-hybridized carbons (Fsp3) is 0.500. The molecule has 4 heteroatoms. The van der Waals surface area contributed by atoms with Crippen molar-refractivity contribution in [1.82, 2.24) is 0 Å². The van der Waals surface area contributed by atoms with Crippen LogP contribution in [-0.4, -0.2) is 25.7 Å². The molecule has 0 radical (unpaired) electrons. The average molecular weight is 250 g/mol. The Kier molecular flexibility index (Phi) is 4.87. The number of nitrogens with zero attached hydrogens (tertiary/aromatic N) is 1. The predicted molar refractivity (Wildman–Crippen MR) is 73.4 cm³/mol. The van der Waals surface area contributed by atoms with Crippen LogP contribution in [0.4, 0.5) is 5.69 Å². The summed E-state index contributed by atoms with van der Waals surface area (Å²) in [4.78, 5) is 13.8. The van der Waals surface area contributed by atoms with Gasteiger partial charge in [-0.15, -0.1) is 0 Å². The van der Waals surface area contributed by atoms with Gasteiger partial charge in [-0.25, -0.2) is 0 Å². The Morgan fingerprint density at radius 1 is 1.39 bits per heavy atom. The van der Waals surface area contributed by atoms with E-state index in [1.807, 2.05) is 38.1 Å². The van der Waals surface area contributed by atoms with E-state index >= 15 is 0 Å². The molecule has 0 saturated heterocycles. The van der Waals surface area contributed by atoms with Gasteiger partial charge in [-0.05, 0) is 25.5 Å². The maximum Gasteiger partial charge on any atom is 0.229 e. The van der Waals surface area contributed by atoms with Crippen molar-refractivity contribution in [1.29, 1.82) is 0 Å². The van der Waals surface area contributed by atoms with Gasteiger partial charge in [0.25, 0.3) is 0 Å². The number of rotatable bonds is 5. The number of methoxy groups -OCH3 is 1. The molecule has 0 fully saturated rings. The summed E-state index contributed by atoms with van der Waals surface area (Å²) in [6.45, 7) is 4.21. The summed E-state index contributed by atoms with van der Waals surface area (Å²) < 4.78 is 5.28. The van der Waals surface area contributed by atoms with Crippen LogP contribution in [0.15, 0.2) is 24.3 Å². The van der Waals surface area contributed by atoms with Gasteiger partial charge in [0.2, 0.25) is 5.91 Å². The van der Waals surface area contributed by atoms with Crippen molar-refractivity contribution < 1.29 is 9.53 Å². The van der Waals surface area contributed by atoms with Crippen LogP contribution in [0.1, 0.15) is 25.8 Å². The third-order valence-corrected chi connectivity index (χ3v) is 3.08. The van der Waals surface area contributed by atoms with Crippen molar-refractivity contribution >= 4 is 11.6 Å². The molecule has 0 bridgehead atoms. The van der Waals surface area contributed by atoms with Crippen LogP contribution in [0.5, 0.6) is 0 Å². The van der Waals surface area contributed by atoms with Crippen LogP contribution in [0, 0.1) is 0 Å². The van der Waals surface area contributed by atoms with Crippen molar-refractivity contribution in [3.63, 3.8) is 0 Å². The number of carbonyl (C=O) groups excluding carboxylic acids is 1. The molecule has 0 unspecified atom stereocenters. The quantitative estimate of drug-likeness (QED) is 0.868. The summed E-state index contributed by atoms with van der Waals surface area (Å²) in [5, 5.41) is 0. The van der Waals surface area contributed by atoms with Crippen LogP contribution in [0.2, 0.25) is 0 Å². The predicted octanol–water partition coefficient (Wildman–Crippen LogP) is 1.92. The normalized spacial score (nSPS) is 11.4. The summed E-state index contributed by atoms with van der Waals surface area (Å²) in [5.41, 5.74) is 7.04. The number of hydrogen-bond donors (Lipinski definition) is 1.